The van der Waals surface area contributed by atoms with Crippen LogP contribution in [-0.4, -0.2) is 32.8 Å². The molecule has 0 fully saturated rings. The SMILES string of the molecule is CCOCCCNC(N)=NCc1ccccc1OC. The molecule has 0 radical (unpaired) electrons. The number of nitrogens with zero attached hydrogens (tertiary/aromatic N) is 1. The van der Waals surface area contributed by atoms with Gasteiger partial charge in [0.2, 0.25) is 0 Å². The van der Waals surface area contributed by atoms with Crippen molar-refractivity contribution in [2.45, 2.75) is 19.9 Å². The second-order valence-electron chi connectivity index (χ2n) is 3.99. The van der Waals surface area contributed by atoms with Gasteiger partial charge < -0.3 is 20.5 Å². The minimum absolute atomic E-state index is 0.447. The molecule has 0 spiro atoms. The number of hydrogen-bond donors (Lipinski definition) is 2. The fourth-order valence-corrected chi connectivity index (χ4v) is 1.59. The molecule has 0 saturated heterocycles. The van der Waals surface area contributed by atoms with Gasteiger partial charge >= 0.3 is 0 Å². The normalized spacial score (nSPS) is 11.4. The van der Waals surface area contributed by atoms with Crippen LogP contribution in [0.2, 0.25) is 0 Å². The Morgan fingerprint density at radius 3 is 2.89 bits per heavy atom. The number of ether oxygens (including phenoxy) is 2. The van der Waals surface area contributed by atoms with Gasteiger partial charge in [-0.15, -0.1) is 0 Å². The Hall–Kier alpha value is -1.75. The molecule has 0 unspecified atom stereocenters. The summed E-state index contributed by atoms with van der Waals surface area (Å²) in [4.78, 5) is 4.28. The molecule has 0 aliphatic heterocycles. The van der Waals surface area contributed by atoms with Crippen molar-refractivity contribution in [2.24, 2.45) is 10.7 Å². The minimum atomic E-state index is 0.447. The molecule has 106 valence electrons. The summed E-state index contributed by atoms with van der Waals surface area (Å²) < 4.78 is 10.5. The third-order valence-electron chi connectivity index (χ3n) is 2.59. The van der Waals surface area contributed by atoms with Crippen molar-refractivity contribution < 1.29 is 9.47 Å². The molecule has 1 aromatic rings. The molecule has 1 aromatic carbocycles. The number of para-hydroxylation sites is 1. The monoisotopic (exact) mass is 265 g/mol. The van der Waals surface area contributed by atoms with Gasteiger partial charge in [0, 0.05) is 25.3 Å². The van der Waals surface area contributed by atoms with Crippen LogP contribution in [0.25, 0.3) is 0 Å². The topological polar surface area (TPSA) is 68.9 Å². The number of methoxy groups -OCH3 is 1. The van der Waals surface area contributed by atoms with Crippen LogP contribution in [0.3, 0.4) is 0 Å². The summed E-state index contributed by atoms with van der Waals surface area (Å²) in [6.45, 7) is 4.74. The number of hydrogen-bond acceptors (Lipinski definition) is 3. The fraction of sp³-hybridized carbons (Fsp3) is 0.500. The van der Waals surface area contributed by atoms with E-state index in [0.717, 1.165) is 37.5 Å². The summed E-state index contributed by atoms with van der Waals surface area (Å²) in [5.74, 6) is 1.28. The summed E-state index contributed by atoms with van der Waals surface area (Å²) >= 11 is 0. The van der Waals surface area contributed by atoms with Crippen LogP contribution in [0.1, 0.15) is 18.9 Å². The molecule has 0 bridgehead atoms. The van der Waals surface area contributed by atoms with E-state index < -0.39 is 0 Å². The van der Waals surface area contributed by atoms with Crippen molar-refractivity contribution in [2.75, 3.05) is 26.9 Å². The predicted molar refractivity (Wildman–Crippen MR) is 77.4 cm³/mol. The fourth-order valence-electron chi connectivity index (χ4n) is 1.59. The van der Waals surface area contributed by atoms with Crippen LogP contribution in [0.4, 0.5) is 0 Å². The van der Waals surface area contributed by atoms with Crippen LogP contribution in [0.5, 0.6) is 5.75 Å². The lowest BCUT2D eigenvalue weighted by molar-refractivity contribution is 0.145. The first kappa shape index (κ1) is 15.3. The molecule has 3 N–H and O–H groups in total. The Morgan fingerprint density at radius 1 is 1.37 bits per heavy atom. The molecule has 0 aliphatic rings. The minimum Gasteiger partial charge on any atom is -0.496 e. The molecule has 1 rings (SSSR count). The number of guanidine groups is 1. The molecule has 0 aromatic heterocycles. The van der Waals surface area contributed by atoms with E-state index in [4.69, 9.17) is 15.2 Å². The Balaban J connectivity index is 2.34. The van der Waals surface area contributed by atoms with E-state index in [0.29, 0.717) is 12.5 Å². The maximum atomic E-state index is 5.79. The van der Waals surface area contributed by atoms with Gasteiger partial charge in [-0.2, -0.15) is 0 Å². The zero-order valence-electron chi connectivity index (χ0n) is 11.7. The van der Waals surface area contributed by atoms with Crippen molar-refractivity contribution in [1.29, 1.82) is 0 Å². The van der Waals surface area contributed by atoms with Crippen molar-refractivity contribution in [1.82, 2.24) is 5.32 Å². The van der Waals surface area contributed by atoms with Gasteiger partial charge in [-0.05, 0) is 19.4 Å². The van der Waals surface area contributed by atoms with E-state index in [1.54, 1.807) is 7.11 Å². The molecule has 5 heteroatoms. The Bertz CT molecular complexity index is 394. The van der Waals surface area contributed by atoms with Gasteiger partial charge in [0.05, 0.1) is 13.7 Å². The van der Waals surface area contributed by atoms with Crippen LogP contribution >= 0.6 is 0 Å². The first-order valence-electron chi connectivity index (χ1n) is 6.51. The standard InChI is InChI=1S/C14H23N3O2/c1-3-19-10-6-9-16-14(15)17-11-12-7-4-5-8-13(12)18-2/h4-5,7-8H,3,6,9-11H2,1-2H3,(H3,15,16,17). The second kappa shape index (κ2) is 9.22. The molecule has 19 heavy (non-hydrogen) atoms. The number of aliphatic imine (C=N–C) groups is 1. The average molecular weight is 265 g/mol. The van der Waals surface area contributed by atoms with Gasteiger partial charge in [0.15, 0.2) is 5.96 Å². The van der Waals surface area contributed by atoms with E-state index in [2.05, 4.69) is 10.3 Å². The van der Waals surface area contributed by atoms with E-state index in [1.165, 1.54) is 0 Å². The summed E-state index contributed by atoms with van der Waals surface area (Å²) in [6.07, 6.45) is 0.915. The molecule has 0 atom stereocenters. The summed E-state index contributed by atoms with van der Waals surface area (Å²) in [5, 5.41) is 3.06. The molecular weight excluding hydrogens is 242 g/mol. The van der Waals surface area contributed by atoms with E-state index in [1.807, 2.05) is 31.2 Å². The third-order valence-corrected chi connectivity index (χ3v) is 2.59. The summed E-state index contributed by atoms with van der Waals surface area (Å²) in [5.41, 5.74) is 6.80. The van der Waals surface area contributed by atoms with Crippen molar-refractivity contribution in [3.63, 3.8) is 0 Å². The maximum Gasteiger partial charge on any atom is 0.188 e. The van der Waals surface area contributed by atoms with Crippen LogP contribution < -0.4 is 15.8 Å². The molecule has 0 amide bonds. The highest BCUT2D eigenvalue weighted by Crippen LogP contribution is 2.17. The number of benzene rings is 1. The zero-order chi connectivity index (χ0) is 13.9. The predicted octanol–water partition coefficient (Wildman–Crippen LogP) is 1.53. The summed E-state index contributed by atoms with van der Waals surface area (Å²) in [7, 11) is 1.65. The number of nitrogens with one attached hydrogen (secondary N) is 1. The average Bonchev–Trinajstić information content (AvgIpc) is 2.45. The second-order valence-corrected chi connectivity index (χ2v) is 3.99. The maximum absolute atomic E-state index is 5.79. The highest BCUT2D eigenvalue weighted by atomic mass is 16.5. The van der Waals surface area contributed by atoms with Gasteiger partial charge in [-0.25, -0.2) is 4.99 Å². The molecule has 0 heterocycles. The molecule has 0 saturated carbocycles. The lowest BCUT2D eigenvalue weighted by Crippen LogP contribution is -2.32. The van der Waals surface area contributed by atoms with Crippen LogP contribution in [-0.2, 0) is 11.3 Å². The zero-order valence-corrected chi connectivity index (χ0v) is 11.7. The van der Waals surface area contributed by atoms with Gasteiger partial charge in [-0.3, -0.25) is 0 Å². The lowest BCUT2D eigenvalue weighted by atomic mass is 10.2. The largest absolute Gasteiger partial charge is 0.496 e. The molecule has 0 aliphatic carbocycles. The Morgan fingerprint density at radius 2 is 2.16 bits per heavy atom. The lowest BCUT2D eigenvalue weighted by Gasteiger charge is -2.07. The number of nitrogens with two attached hydrogens (primary N) is 1. The number of rotatable bonds is 8. The smallest absolute Gasteiger partial charge is 0.188 e. The van der Waals surface area contributed by atoms with Crippen molar-refractivity contribution >= 4 is 5.96 Å². The van der Waals surface area contributed by atoms with Crippen LogP contribution in [0, 0.1) is 0 Å². The van der Waals surface area contributed by atoms with E-state index in [-0.39, 0.29) is 0 Å². The first-order chi connectivity index (χ1) is 9.27. The highest BCUT2D eigenvalue weighted by molar-refractivity contribution is 5.77. The van der Waals surface area contributed by atoms with E-state index in [9.17, 15) is 0 Å². The summed E-state index contributed by atoms with van der Waals surface area (Å²) in [6, 6.07) is 7.78. The van der Waals surface area contributed by atoms with Crippen molar-refractivity contribution in [3.05, 3.63) is 29.8 Å². The highest BCUT2D eigenvalue weighted by Gasteiger charge is 2.00. The third kappa shape index (κ3) is 6.10. The quantitative estimate of drug-likeness (QED) is 0.425. The van der Waals surface area contributed by atoms with Gasteiger partial charge in [0.25, 0.3) is 0 Å². The first-order valence-corrected chi connectivity index (χ1v) is 6.51. The molecule has 5 nitrogen and oxygen atoms in total. The van der Waals surface area contributed by atoms with Gasteiger partial charge in [0.1, 0.15) is 5.75 Å². The Kier molecular flexibility index (Phi) is 7.43. The van der Waals surface area contributed by atoms with Gasteiger partial charge in [-0.1, -0.05) is 18.2 Å². The van der Waals surface area contributed by atoms with Crippen LogP contribution in [0.15, 0.2) is 29.3 Å². The Labute approximate surface area is 114 Å². The van der Waals surface area contributed by atoms with E-state index >= 15 is 0 Å². The van der Waals surface area contributed by atoms with Crippen molar-refractivity contribution in [3.8, 4) is 5.75 Å². The molecular formula is C14H23N3O2.